The average Bonchev–Trinajstić information content (AvgIpc) is 2.40. The molecule has 1 N–H and O–H groups in total. The number of halogens is 2. The summed E-state index contributed by atoms with van der Waals surface area (Å²) in [6.07, 6.45) is 1.53. The van der Waals surface area contributed by atoms with Gasteiger partial charge in [0.25, 0.3) is 0 Å². The molecule has 0 bridgehead atoms. The molecule has 0 fully saturated rings. The van der Waals surface area contributed by atoms with Crippen molar-refractivity contribution in [2.24, 2.45) is 5.10 Å². The lowest BCUT2D eigenvalue weighted by atomic mass is 10.2. The topological polar surface area (TPSA) is 33.6 Å². The van der Waals surface area contributed by atoms with Crippen molar-refractivity contribution in [3.63, 3.8) is 0 Å². The van der Waals surface area contributed by atoms with Gasteiger partial charge in [-0.15, -0.1) is 0 Å². The molecular formula is C14H12F2N2O. The second-order valence-corrected chi connectivity index (χ2v) is 3.69. The van der Waals surface area contributed by atoms with Gasteiger partial charge >= 0.3 is 6.61 Å². The zero-order valence-electron chi connectivity index (χ0n) is 9.96. The van der Waals surface area contributed by atoms with Crippen molar-refractivity contribution in [1.29, 1.82) is 0 Å². The third kappa shape index (κ3) is 4.39. The number of ether oxygens (including phenoxy) is 1. The van der Waals surface area contributed by atoms with E-state index in [4.69, 9.17) is 0 Å². The summed E-state index contributed by atoms with van der Waals surface area (Å²) in [5.41, 5.74) is 4.35. The summed E-state index contributed by atoms with van der Waals surface area (Å²) in [5.74, 6) is 0.110. The maximum absolute atomic E-state index is 12.1. The maximum atomic E-state index is 12.1. The third-order valence-corrected chi connectivity index (χ3v) is 2.26. The molecule has 2 rings (SSSR count). The summed E-state index contributed by atoms with van der Waals surface area (Å²) in [5, 5.41) is 4.01. The highest BCUT2D eigenvalue weighted by Crippen LogP contribution is 2.15. The van der Waals surface area contributed by atoms with E-state index in [0.717, 1.165) is 5.69 Å². The van der Waals surface area contributed by atoms with E-state index in [9.17, 15) is 8.78 Å². The van der Waals surface area contributed by atoms with E-state index < -0.39 is 6.61 Å². The van der Waals surface area contributed by atoms with Crippen LogP contribution in [-0.2, 0) is 0 Å². The quantitative estimate of drug-likeness (QED) is 0.658. The molecule has 2 aromatic rings. The van der Waals surface area contributed by atoms with Crippen molar-refractivity contribution in [3.8, 4) is 5.75 Å². The first-order chi connectivity index (χ1) is 9.24. The first-order valence-corrected chi connectivity index (χ1v) is 5.63. The Morgan fingerprint density at radius 3 is 2.58 bits per heavy atom. The number of anilines is 1. The number of benzene rings is 2. The largest absolute Gasteiger partial charge is 0.435 e. The number of hydrazone groups is 1. The minimum Gasteiger partial charge on any atom is -0.435 e. The van der Waals surface area contributed by atoms with Crippen LogP contribution < -0.4 is 10.2 Å². The monoisotopic (exact) mass is 262 g/mol. The van der Waals surface area contributed by atoms with Gasteiger partial charge in [-0.05, 0) is 29.8 Å². The first kappa shape index (κ1) is 13.0. The van der Waals surface area contributed by atoms with E-state index in [1.165, 1.54) is 18.3 Å². The highest BCUT2D eigenvalue weighted by Gasteiger charge is 2.03. The molecule has 19 heavy (non-hydrogen) atoms. The van der Waals surface area contributed by atoms with E-state index in [2.05, 4.69) is 15.3 Å². The predicted octanol–water partition coefficient (Wildman–Crippen LogP) is 3.73. The van der Waals surface area contributed by atoms with Gasteiger partial charge in [0.15, 0.2) is 0 Å². The summed E-state index contributed by atoms with van der Waals surface area (Å²) in [6, 6.07) is 15.7. The van der Waals surface area contributed by atoms with Crippen LogP contribution in [0.25, 0.3) is 0 Å². The van der Waals surface area contributed by atoms with Crippen LogP contribution in [0.3, 0.4) is 0 Å². The molecule has 0 radical (unpaired) electrons. The molecule has 0 aliphatic heterocycles. The highest BCUT2D eigenvalue weighted by atomic mass is 19.3. The Balaban J connectivity index is 1.99. The van der Waals surface area contributed by atoms with Gasteiger partial charge in [0, 0.05) is 0 Å². The third-order valence-electron chi connectivity index (χ3n) is 2.26. The predicted molar refractivity (Wildman–Crippen MR) is 70.7 cm³/mol. The van der Waals surface area contributed by atoms with Crippen LogP contribution in [0.1, 0.15) is 5.56 Å². The number of hydrogen-bond donors (Lipinski definition) is 1. The lowest BCUT2D eigenvalue weighted by Crippen LogP contribution is -2.02. The van der Waals surface area contributed by atoms with Gasteiger partial charge in [0.2, 0.25) is 0 Å². The van der Waals surface area contributed by atoms with Crippen molar-refractivity contribution in [3.05, 3.63) is 60.2 Å². The molecule has 0 unspecified atom stereocenters. The number of nitrogens with zero attached hydrogens (tertiary/aromatic N) is 1. The lowest BCUT2D eigenvalue weighted by molar-refractivity contribution is -0.0498. The van der Waals surface area contributed by atoms with Crippen molar-refractivity contribution >= 4 is 11.9 Å². The van der Waals surface area contributed by atoms with Crippen LogP contribution >= 0.6 is 0 Å². The zero-order chi connectivity index (χ0) is 13.5. The minimum atomic E-state index is -2.82. The van der Waals surface area contributed by atoms with Crippen molar-refractivity contribution in [2.75, 3.05) is 5.43 Å². The van der Waals surface area contributed by atoms with Crippen LogP contribution in [0.5, 0.6) is 5.75 Å². The van der Waals surface area contributed by atoms with Gasteiger partial charge in [-0.3, -0.25) is 5.43 Å². The fraction of sp³-hybridized carbons (Fsp3) is 0.0714. The minimum absolute atomic E-state index is 0.110. The van der Waals surface area contributed by atoms with Gasteiger partial charge in [0.1, 0.15) is 5.75 Å². The standard InChI is InChI=1S/C14H12F2N2O/c15-14(16)19-13-8-4-5-11(9-13)10-17-18-12-6-2-1-3-7-12/h1-10,14,18H/b17-10-. The van der Waals surface area contributed by atoms with Gasteiger partial charge in [0.05, 0.1) is 11.9 Å². The van der Waals surface area contributed by atoms with E-state index in [1.54, 1.807) is 12.1 Å². The molecule has 98 valence electrons. The second-order valence-electron chi connectivity index (χ2n) is 3.69. The Morgan fingerprint density at radius 1 is 1.05 bits per heavy atom. The zero-order valence-corrected chi connectivity index (χ0v) is 9.96. The maximum Gasteiger partial charge on any atom is 0.387 e. The van der Waals surface area contributed by atoms with Crippen LogP contribution in [0, 0.1) is 0 Å². The molecule has 2 aromatic carbocycles. The molecule has 0 aliphatic carbocycles. The Bertz CT molecular complexity index is 544. The van der Waals surface area contributed by atoms with Crippen LogP contribution in [0.4, 0.5) is 14.5 Å². The Labute approximate surface area is 109 Å². The summed E-state index contributed by atoms with van der Waals surface area (Å²) in [6.45, 7) is -2.82. The molecule has 0 aliphatic rings. The van der Waals surface area contributed by atoms with Crippen molar-refractivity contribution in [1.82, 2.24) is 0 Å². The molecule has 0 amide bonds. The fourth-order valence-electron chi connectivity index (χ4n) is 1.47. The van der Waals surface area contributed by atoms with E-state index in [1.807, 2.05) is 30.3 Å². The molecule has 0 atom stereocenters. The fourth-order valence-corrected chi connectivity index (χ4v) is 1.47. The lowest BCUT2D eigenvalue weighted by Gasteiger charge is -2.04. The highest BCUT2D eigenvalue weighted by molar-refractivity contribution is 5.80. The normalized spacial score (nSPS) is 10.9. The number of alkyl halides is 2. The van der Waals surface area contributed by atoms with Crippen molar-refractivity contribution in [2.45, 2.75) is 6.61 Å². The number of hydrogen-bond acceptors (Lipinski definition) is 3. The molecule has 0 spiro atoms. The van der Waals surface area contributed by atoms with E-state index >= 15 is 0 Å². The van der Waals surface area contributed by atoms with Gasteiger partial charge in [-0.25, -0.2) is 0 Å². The average molecular weight is 262 g/mol. The second kappa shape index (κ2) is 6.49. The first-order valence-electron chi connectivity index (χ1n) is 5.63. The number of nitrogens with one attached hydrogen (secondary N) is 1. The Kier molecular flexibility index (Phi) is 4.44. The van der Waals surface area contributed by atoms with Gasteiger partial charge in [-0.2, -0.15) is 13.9 Å². The SMILES string of the molecule is FC(F)Oc1cccc(/C=N\Nc2ccccc2)c1. The summed E-state index contributed by atoms with van der Waals surface area (Å²) >= 11 is 0. The number of rotatable bonds is 5. The van der Waals surface area contributed by atoms with Crippen LogP contribution in [0.15, 0.2) is 59.7 Å². The molecule has 0 saturated heterocycles. The molecular weight excluding hydrogens is 250 g/mol. The van der Waals surface area contributed by atoms with Gasteiger partial charge in [-0.1, -0.05) is 30.3 Å². The van der Waals surface area contributed by atoms with Gasteiger partial charge < -0.3 is 4.74 Å². The number of para-hydroxylation sites is 1. The Hall–Kier alpha value is -2.43. The smallest absolute Gasteiger partial charge is 0.387 e. The van der Waals surface area contributed by atoms with Crippen molar-refractivity contribution < 1.29 is 13.5 Å². The summed E-state index contributed by atoms with van der Waals surface area (Å²) < 4.78 is 28.4. The van der Waals surface area contributed by atoms with E-state index in [0.29, 0.717) is 5.56 Å². The summed E-state index contributed by atoms with van der Waals surface area (Å²) in [7, 11) is 0. The van der Waals surface area contributed by atoms with Crippen LogP contribution in [0.2, 0.25) is 0 Å². The molecule has 0 aromatic heterocycles. The summed E-state index contributed by atoms with van der Waals surface area (Å²) in [4.78, 5) is 0. The Morgan fingerprint density at radius 2 is 1.84 bits per heavy atom. The molecule has 5 heteroatoms. The van der Waals surface area contributed by atoms with Crippen LogP contribution in [-0.4, -0.2) is 12.8 Å². The van der Waals surface area contributed by atoms with E-state index in [-0.39, 0.29) is 5.75 Å². The molecule has 0 saturated carbocycles. The molecule has 3 nitrogen and oxygen atoms in total. The molecule has 0 heterocycles.